The monoisotopic (exact) mass is 618 g/mol. The van der Waals surface area contributed by atoms with E-state index >= 15 is 0 Å². The molecule has 0 radical (unpaired) electrons. The number of hydrogen-bond acceptors (Lipinski definition) is 8. The highest BCUT2D eigenvalue weighted by molar-refractivity contribution is 5.69. The van der Waals surface area contributed by atoms with Crippen LogP contribution in [-0.4, -0.2) is 63.2 Å². The first-order valence-electron chi connectivity index (χ1n) is 17.6. The molecule has 0 amide bonds. The Morgan fingerprint density at radius 2 is 1.61 bits per heavy atom. The molecule has 8 nitrogen and oxygen atoms in total. The van der Waals surface area contributed by atoms with Gasteiger partial charge in [0.05, 0.1) is 19.3 Å². The molecule has 2 aliphatic carbocycles. The Labute approximate surface area is 265 Å². The minimum atomic E-state index is -0.262. The lowest BCUT2D eigenvalue weighted by atomic mass is 9.85. The molecule has 2 heterocycles. The molecule has 0 bridgehead atoms. The first-order valence-corrected chi connectivity index (χ1v) is 17.6. The highest BCUT2D eigenvalue weighted by Gasteiger charge is 2.45. The number of ether oxygens (including phenoxy) is 6. The van der Waals surface area contributed by atoms with Gasteiger partial charge in [-0.2, -0.15) is 0 Å². The molecule has 8 heteroatoms. The van der Waals surface area contributed by atoms with Gasteiger partial charge in [0.2, 0.25) is 0 Å². The van der Waals surface area contributed by atoms with E-state index in [-0.39, 0.29) is 54.7 Å². The van der Waals surface area contributed by atoms with Crippen molar-refractivity contribution in [2.75, 3.05) is 20.3 Å². The lowest BCUT2D eigenvalue weighted by Gasteiger charge is -2.30. The molecule has 250 valence electrons. The van der Waals surface area contributed by atoms with E-state index in [1.807, 2.05) is 0 Å². The predicted octanol–water partition coefficient (Wildman–Crippen LogP) is 7.58. The highest BCUT2D eigenvalue weighted by atomic mass is 16.7. The summed E-state index contributed by atoms with van der Waals surface area (Å²) in [5.41, 5.74) is 0. The number of allylic oxidation sites excluding steroid dienone is 2. The van der Waals surface area contributed by atoms with E-state index in [0.717, 1.165) is 83.3 Å². The van der Waals surface area contributed by atoms with Crippen LogP contribution in [0.5, 0.6) is 0 Å². The molecule has 0 aromatic rings. The molecule has 2 saturated carbocycles. The minimum Gasteiger partial charge on any atom is -0.469 e. The first-order chi connectivity index (χ1) is 21.5. The molecule has 44 heavy (non-hydrogen) atoms. The third kappa shape index (κ3) is 12.2. The summed E-state index contributed by atoms with van der Waals surface area (Å²) < 4.78 is 35.9. The van der Waals surface area contributed by atoms with E-state index in [0.29, 0.717) is 12.8 Å². The third-order valence-electron chi connectivity index (χ3n) is 9.80. The average Bonchev–Trinajstić information content (AvgIpc) is 3.35. The SMILES string of the molecule is COC(=O)CCC/C=C\C[C@@H]1[C@@H](/C=C/[C@H](CCC2CCCCC2)OC2CCCCO2)[C@H](OC2CCCCO2)C[C@@H]1OC(C)=O. The zero-order valence-electron chi connectivity index (χ0n) is 27.3. The van der Waals surface area contributed by atoms with E-state index in [2.05, 4.69) is 24.3 Å². The summed E-state index contributed by atoms with van der Waals surface area (Å²) in [5, 5.41) is 0. The fraction of sp³-hybridized carbons (Fsp3) is 0.833. The number of methoxy groups -OCH3 is 1. The number of esters is 2. The Bertz CT molecular complexity index is 885. The van der Waals surface area contributed by atoms with E-state index in [1.165, 1.54) is 52.6 Å². The van der Waals surface area contributed by atoms with Crippen LogP contribution >= 0.6 is 0 Å². The van der Waals surface area contributed by atoms with Crippen molar-refractivity contribution in [3.63, 3.8) is 0 Å². The van der Waals surface area contributed by atoms with Crippen molar-refractivity contribution in [1.29, 1.82) is 0 Å². The molecule has 0 aromatic heterocycles. The zero-order valence-corrected chi connectivity index (χ0v) is 27.3. The molecule has 0 spiro atoms. The van der Waals surface area contributed by atoms with Crippen LogP contribution in [0.15, 0.2) is 24.3 Å². The van der Waals surface area contributed by atoms with Gasteiger partial charge in [-0.15, -0.1) is 0 Å². The quantitative estimate of drug-likeness (QED) is 0.0993. The summed E-state index contributed by atoms with van der Waals surface area (Å²) in [7, 11) is 1.42. The highest BCUT2D eigenvalue weighted by Crippen LogP contribution is 2.41. The molecule has 0 N–H and O–H groups in total. The number of carbonyl (C=O) groups excluding carboxylic acids is 2. The third-order valence-corrected chi connectivity index (χ3v) is 9.80. The van der Waals surface area contributed by atoms with Crippen LogP contribution in [0.25, 0.3) is 0 Å². The van der Waals surface area contributed by atoms with Crippen LogP contribution in [-0.2, 0) is 38.0 Å². The Morgan fingerprint density at radius 1 is 0.886 bits per heavy atom. The molecule has 4 rings (SSSR count). The second-order valence-corrected chi connectivity index (χ2v) is 13.2. The van der Waals surface area contributed by atoms with Gasteiger partial charge in [0.1, 0.15) is 6.10 Å². The summed E-state index contributed by atoms with van der Waals surface area (Å²) in [6.07, 6.45) is 26.6. The van der Waals surface area contributed by atoms with Crippen molar-refractivity contribution in [3.8, 4) is 0 Å². The fourth-order valence-electron chi connectivity index (χ4n) is 7.36. The smallest absolute Gasteiger partial charge is 0.305 e. The maximum atomic E-state index is 12.2. The number of carbonyl (C=O) groups is 2. The van der Waals surface area contributed by atoms with Crippen molar-refractivity contribution >= 4 is 11.9 Å². The lowest BCUT2D eigenvalue weighted by Crippen LogP contribution is -2.31. The summed E-state index contributed by atoms with van der Waals surface area (Å²) in [6.45, 7) is 2.98. The molecular weight excluding hydrogens is 560 g/mol. The van der Waals surface area contributed by atoms with Gasteiger partial charge < -0.3 is 28.4 Å². The van der Waals surface area contributed by atoms with Gasteiger partial charge in [-0.05, 0) is 76.5 Å². The van der Waals surface area contributed by atoms with Gasteiger partial charge in [0.25, 0.3) is 0 Å². The first kappa shape index (κ1) is 35.1. The molecule has 4 aliphatic rings. The van der Waals surface area contributed by atoms with Gasteiger partial charge in [0.15, 0.2) is 12.6 Å². The van der Waals surface area contributed by atoms with E-state index in [1.54, 1.807) is 0 Å². The maximum absolute atomic E-state index is 12.2. The number of rotatable bonds is 16. The van der Waals surface area contributed by atoms with Crippen molar-refractivity contribution in [2.45, 2.75) is 153 Å². The molecule has 2 unspecified atom stereocenters. The topological polar surface area (TPSA) is 89.5 Å². The van der Waals surface area contributed by atoms with Crippen LogP contribution in [0, 0.1) is 17.8 Å². The van der Waals surface area contributed by atoms with E-state index < -0.39 is 0 Å². The summed E-state index contributed by atoms with van der Waals surface area (Å²) in [5.74, 6) is 0.468. The Kier molecular flexibility index (Phi) is 15.7. The zero-order chi connectivity index (χ0) is 31.0. The lowest BCUT2D eigenvalue weighted by molar-refractivity contribution is -0.193. The molecule has 4 fully saturated rings. The summed E-state index contributed by atoms with van der Waals surface area (Å²) in [6, 6.07) is 0. The Morgan fingerprint density at radius 3 is 2.30 bits per heavy atom. The van der Waals surface area contributed by atoms with Crippen molar-refractivity contribution in [2.24, 2.45) is 17.8 Å². The van der Waals surface area contributed by atoms with Crippen LogP contribution < -0.4 is 0 Å². The average molecular weight is 619 g/mol. The van der Waals surface area contributed by atoms with Gasteiger partial charge in [-0.25, -0.2) is 0 Å². The summed E-state index contributed by atoms with van der Waals surface area (Å²) >= 11 is 0. The second kappa shape index (κ2) is 19.7. The van der Waals surface area contributed by atoms with Crippen molar-refractivity contribution < 1.29 is 38.0 Å². The largest absolute Gasteiger partial charge is 0.469 e. The Balaban J connectivity index is 1.48. The van der Waals surface area contributed by atoms with Crippen LogP contribution in [0.4, 0.5) is 0 Å². The number of hydrogen-bond donors (Lipinski definition) is 0. The second-order valence-electron chi connectivity index (χ2n) is 13.2. The van der Waals surface area contributed by atoms with E-state index in [4.69, 9.17) is 28.4 Å². The van der Waals surface area contributed by atoms with Crippen molar-refractivity contribution in [1.82, 2.24) is 0 Å². The summed E-state index contributed by atoms with van der Waals surface area (Å²) in [4.78, 5) is 23.7. The molecule has 7 atom stereocenters. The van der Waals surface area contributed by atoms with E-state index in [9.17, 15) is 9.59 Å². The molecule has 0 aromatic carbocycles. The normalized spacial score (nSPS) is 31.0. The Hall–Kier alpha value is -1.74. The maximum Gasteiger partial charge on any atom is 0.305 e. The standard InChI is InChI=1S/C36H58O8/c1-27(37)42-32-26-33(44-36-19-11-13-25-41-36)31(30(32)16-8-3-4-9-17-34(38)39-2)23-22-29(43-35-18-10-12-24-40-35)21-20-28-14-6-5-7-15-28/h3,8,22-23,28-33,35-36H,4-7,9-21,24-26H2,1-2H3/b8-3-,23-22+/t29-,30+,31+,32-,33+,35?,36?/m0/s1. The van der Waals surface area contributed by atoms with Crippen LogP contribution in [0.3, 0.4) is 0 Å². The van der Waals surface area contributed by atoms with Gasteiger partial charge in [-0.3, -0.25) is 9.59 Å². The van der Waals surface area contributed by atoms with Gasteiger partial charge in [0, 0.05) is 44.8 Å². The minimum absolute atomic E-state index is 0.0195. The molecule has 2 aliphatic heterocycles. The number of unbranched alkanes of at least 4 members (excludes halogenated alkanes) is 1. The van der Waals surface area contributed by atoms with Crippen LogP contribution in [0.2, 0.25) is 0 Å². The predicted molar refractivity (Wildman–Crippen MR) is 169 cm³/mol. The molecule has 2 saturated heterocycles. The van der Waals surface area contributed by atoms with Crippen LogP contribution in [0.1, 0.15) is 122 Å². The van der Waals surface area contributed by atoms with Crippen molar-refractivity contribution in [3.05, 3.63) is 24.3 Å². The fourth-order valence-corrected chi connectivity index (χ4v) is 7.36. The van der Waals surface area contributed by atoms with Gasteiger partial charge in [-0.1, -0.05) is 56.4 Å². The van der Waals surface area contributed by atoms with Gasteiger partial charge >= 0.3 is 11.9 Å². The molecular formula is C36H58O8.